The standard InChI is InChI=1S/C9H14O3/c1-5-6-3-8(10)12-7(6)4-9(5,2)11/h5-7,11H,3-4H2,1-2H3/t5-,6+,7-,9+/m1/s1. The highest BCUT2D eigenvalue weighted by Crippen LogP contribution is 2.46. The fourth-order valence-corrected chi connectivity index (χ4v) is 2.37. The number of aliphatic hydroxyl groups is 1. The predicted octanol–water partition coefficient (Wildman–Crippen LogP) is 0.709. The Labute approximate surface area is 71.7 Å². The molecule has 4 atom stereocenters. The first-order valence-electron chi connectivity index (χ1n) is 4.42. The summed E-state index contributed by atoms with van der Waals surface area (Å²) in [5.41, 5.74) is -0.643. The van der Waals surface area contributed by atoms with Gasteiger partial charge in [0, 0.05) is 12.3 Å². The van der Waals surface area contributed by atoms with E-state index in [-0.39, 0.29) is 23.9 Å². The van der Waals surface area contributed by atoms with E-state index in [1.54, 1.807) is 0 Å². The Kier molecular flexibility index (Phi) is 1.49. The summed E-state index contributed by atoms with van der Waals surface area (Å²) >= 11 is 0. The van der Waals surface area contributed by atoms with Gasteiger partial charge in [-0.15, -0.1) is 0 Å². The van der Waals surface area contributed by atoms with Crippen LogP contribution in [-0.4, -0.2) is 22.8 Å². The molecule has 1 saturated carbocycles. The highest BCUT2D eigenvalue weighted by Gasteiger charge is 2.53. The van der Waals surface area contributed by atoms with Gasteiger partial charge in [0.2, 0.25) is 0 Å². The van der Waals surface area contributed by atoms with Gasteiger partial charge in [0.05, 0.1) is 12.0 Å². The molecule has 2 rings (SSSR count). The van der Waals surface area contributed by atoms with Crippen LogP contribution in [0.3, 0.4) is 0 Å². The van der Waals surface area contributed by atoms with E-state index in [0.29, 0.717) is 12.8 Å². The topological polar surface area (TPSA) is 46.5 Å². The fraction of sp³-hybridized carbons (Fsp3) is 0.889. The molecular weight excluding hydrogens is 156 g/mol. The van der Waals surface area contributed by atoms with Gasteiger partial charge in [0.25, 0.3) is 0 Å². The lowest BCUT2D eigenvalue weighted by Crippen LogP contribution is -2.30. The molecule has 1 aliphatic carbocycles. The van der Waals surface area contributed by atoms with Crippen molar-refractivity contribution in [3.8, 4) is 0 Å². The summed E-state index contributed by atoms with van der Waals surface area (Å²) in [7, 11) is 0. The summed E-state index contributed by atoms with van der Waals surface area (Å²) in [5, 5.41) is 9.86. The second kappa shape index (κ2) is 2.22. The molecule has 0 spiro atoms. The van der Waals surface area contributed by atoms with Crippen LogP contribution in [0.25, 0.3) is 0 Å². The van der Waals surface area contributed by atoms with Crippen molar-refractivity contribution >= 4 is 5.97 Å². The van der Waals surface area contributed by atoms with Crippen molar-refractivity contribution in [3.05, 3.63) is 0 Å². The largest absolute Gasteiger partial charge is 0.462 e. The molecule has 3 heteroatoms. The number of hydrogen-bond donors (Lipinski definition) is 1. The van der Waals surface area contributed by atoms with Crippen molar-refractivity contribution in [1.29, 1.82) is 0 Å². The molecule has 1 saturated heterocycles. The van der Waals surface area contributed by atoms with Gasteiger partial charge in [-0.1, -0.05) is 6.92 Å². The van der Waals surface area contributed by atoms with Crippen LogP contribution in [0.4, 0.5) is 0 Å². The summed E-state index contributed by atoms with van der Waals surface area (Å²) in [6.45, 7) is 3.82. The van der Waals surface area contributed by atoms with E-state index in [0.717, 1.165) is 0 Å². The molecule has 0 radical (unpaired) electrons. The van der Waals surface area contributed by atoms with Crippen LogP contribution in [0.15, 0.2) is 0 Å². The van der Waals surface area contributed by atoms with Crippen LogP contribution < -0.4 is 0 Å². The van der Waals surface area contributed by atoms with Crippen molar-refractivity contribution in [2.45, 2.75) is 38.4 Å². The first-order valence-corrected chi connectivity index (χ1v) is 4.42. The third-order valence-electron chi connectivity index (χ3n) is 3.40. The number of carbonyl (C=O) groups excluding carboxylic acids is 1. The van der Waals surface area contributed by atoms with Gasteiger partial charge < -0.3 is 9.84 Å². The molecule has 2 fully saturated rings. The molecule has 0 aromatic rings. The van der Waals surface area contributed by atoms with Gasteiger partial charge >= 0.3 is 5.97 Å². The molecular formula is C9H14O3. The van der Waals surface area contributed by atoms with E-state index in [2.05, 4.69) is 0 Å². The average Bonchev–Trinajstić information content (AvgIpc) is 2.35. The maximum absolute atomic E-state index is 10.9. The van der Waals surface area contributed by atoms with Crippen LogP contribution in [-0.2, 0) is 9.53 Å². The first kappa shape index (κ1) is 8.05. The molecule has 2 aliphatic rings. The molecule has 1 aliphatic heterocycles. The summed E-state index contributed by atoms with van der Waals surface area (Å²) in [4.78, 5) is 10.9. The molecule has 1 N–H and O–H groups in total. The Hall–Kier alpha value is -0.570. The van der Waals surface area contributed by atoms with E-state index >= 15 is 0 Å². The summed E-state index contributed by atoms with van der Waals surface area (Å²) < 4.78 is 5.09. The third-order valence-corrected chi connectivity index (χ3v) is 3.40. The van der Waals surface area contributed by atoms with Crippen molar-refractivity contribution in [3.63, 3.8) is 0 Å². The van der Waals surface area contributed by atoms with Gasteiger partial charge in [-0.3, -0.25) is 4.79 Å². The van der Waals surface area contributed by atoms with Crippen molar-refractivity contribution in [2.75, 3.05) is 0 Å². The Morgan fingerprint density at radius 2 is 2.33 bits per heavy atom. The minimum Gasteiger partial charge on any atom is -0.462 e. The molecule has 0 bridgehead atoms. The first-order chi connectivity index (χ1) is 5.50. The quantitative estimate of drug-likeness (QED) is 0.544. The highest BCUT2D eigenvalue weighted by molar-refractivity contribution is 5.72. The summed E-state index contributed by atoms with van der Waals surface area (Å²) in [6.07, 6.45) is 1.06. The minimum absolute atomic E-state index is 0.0255. The van der Waals surface area contributed by atoms with E-state index < -0.39 is 5.60 Å². The molecule has 0 unspecified atom stereocenters. The second-order valence-electron chi connectivity index (χ2n) is 4.25. The minimum atomic E-state index is -0.643. The number of hydrogen-bond acceptors (Lipinski definition) is 3. The fourth-order valence-electron chi connectivity index (χ4n) is 2.37. The number of carbonyl (C=O) groups is 1. The molecule has 0 amide bonds. The average molecular weight is 170 g/mol. The van der Waals surface area contributed by atoms with Crippen LogP contribution in [0, 0.1) is 11.8 Å². The Morgan fingerprint density at radius 1 is 1.67 bits per heavy atom. The lowest BCUT2D eigenvalue weighted by molar-refractivity contribution is -0.142. The summed E-state index contributed by atoms with van der Waals surface area (Å²) in [6, 6.07) is 0. The molecule has 1 heterocycles. The van der Waals surface area contributed by atoms with Crippen molar-refractivity contribution in [2.24, 2.45) is 11.8 Å². The Morgan fingerprint density at radius 3 is 2.92 bits per heavy atom. The monoisotopic (exact) mass is 170 g/mol. The zero-order valence-electron chi connectivity index (χ0n) is 7.41. The van der Waals surface area contributed by atoms with E-state index in [1.807, 2.05) is 13.8 Å². The van der Waals surface area contributed by atoms with Crippen molar-refractivity contribution < 1.29 is 14.6 Å². The Bertz CT molecular complexity index is 222. The highest BCUT2D eigenvalue weighted by atomic mass is 16.6. The zero-order chi connectivity index (χ0) is 8.93. The second-order valence-corrected chi connectivity index (χ2v) is 4.25. The smallest absolute Gasteiger partial charge is 0.306 e. The van der Waals surface area contributed by atoms with Gasteiger partial charge in [0.1, 0.15) is 6.10 Å². The molecule has 0 aromatic heterocycles. The molecule has 12 heavy (non-hydrogen) atoms. The van der Waals surface area contributed by atoms with Gasteiger partial charge in [-0.25, -0.2) is 0 Å². The van der Waals surface area contributed by atoms with Gasteiger partial charge in [-0.2, -0.15) is 0 Å². The molecule has 68 valence electrons. The predicted molar refractivity (Wildman–Crippen MR) is 42.4 cm³/mol. The number of fused-ring (bicyclic) bond motifs is 1. The summed E-state index contributed by atoms with van der Waals surface area (Å²) in [5.74, 6) is 0.314. The van der Waals surface area contributed by atoms with E-state index in [9.17, 15) is 9.90 Å². The number of rotatable bonds is 0. The van der Waals surface area contributed by atoms with Crippen LogP contribution in [0.1, 0.15) is 26.7 Å². The van der Waals surface area contributed by atoms with Gasteiger partial charge in [-0.05, 0) is 12.8 Å². The van der Waals surface area contributed by atoms with E-state index in [1.165, 1.54) is 0 Å². The normalized spacial score (nSPS) is 52.2. The maximum atomic E-state index is 10.9. The maximum Gasteiger partial charge on any atom is 0.306 e. The molecule has 3 nitrogen and oxygen atoms in total. The SMILES string of the molecule is C[C@@H]1[C@@H]2CC(=O)O[C@@H]2C[C@]1(C)O. The molecule has 0 aromatic carbocycles. The van der Waals surface area contributed by atoms with Crippen LogP contribution >= 0.6 is 0 Å². The Balaban J connectivity index is 2.19. The van der Waals surface area contributed by atoms with Gasteiger partial charge in [0.15, 0.2) is 0 Å². The lowest BCUT2D eigenvalue weighted by Gasteiger charge is -2.23. The van der Waals surface area contributed by atoms with Crippen molar-refractivity contribution in [1.82, 2.24) is 0 Å². The van der Waals surface area contributed by atoms with Crippen LogP contribution in [0.2, 0.25) is 0 Å². The van der Waals surface area contributed by atoms with Crippen LogP contribution in [0.5, 0.6) is 0 Å². The number of esters is 1. The lowest BCUT2D eigenvalue weighted by atomic mass is 9.88. The zero-order valence-corrected chi connectivity index (χ0v) is 7.41. The van der Waals surface area contributed by atoms with E-state index in [4.69, 9.17) is 4.74 Å². The third kappa shape index (κ3) is 0.959. The number of ether oxygens (including phenoxy) is 1.